The topological polar surface area (TPSA) is 44.8 Å². The lowest BCUT2D eigenvalue weighted by Gasteiger charge is -2.05. The number of rotatable bonds is 9. The van der Waals surface area contributed by atoms with E-state index in [1.165, 1.54) is 0 Å². The van der Waals surface area contributed by atoms with Crippen molar-refractivity contribution in [2.75, 3.05) is 33.0 Å². The molecule has 0 aliphatic rings. The molecule has 0 N–H and O–H groups in total. The van der Waals surface area contributed by atoms with Crippen LogP contribution in [0.2, 0.25) is 0 Å². The molecule has 5 heteroatoms. The van der Waals surface area contributed by atoms with Crippen LogP contribution in [0.3, 0.4) is 0 Å². The van der Waals surface area contributed by atoms with Crippen molar-refractivity contribution in [3.63, 3.8) is 0 Å². The third-order valence-corrected chi connectivity index (χ3v) is 1.60. The lowest BCUT2D eigenvalue weighted by Crippen LogP contribution is -2.10. The van der Waals surface area contributed by atoms with Crippen LogP contribution in [-0.2, 0) is 14.2 Å². The predicted octanol–water partition coefficient (Wildman–Crippen LogP) is 1.89. The second-order valence-corrected chi connectivity index (χ2v) is 3.06. The molecular formula is C9H18O4S. The van der Waals surface area contributed by atoms with Gasteiger partial charge >= 0.3 is 5.30 Å². The van der Waals surface area contributed by atoms with Crippen LogP contribution in [0.25, 0.3) is 0 Å². The molecule has 4 nitrogen and oxygen atoms in total. The van der Waals surface area contributed by atoms with Crippen LogP contribution in [0.15, 0.2) is 0 Å². The van der Waals surface area contributed by atoms with E-state index in [4.69, 9.17) is 9.47 Å². The number of hydrogen-bond donors (Lipinski definition) is 1. The van der Waals surface area contributed by atoms with Crippen LogP contribution in [-0.4, -0.2) is 38.3 Å². The maximum Gasteiger partial charge on any atom is 0.364 e. The molecular weight excluding hydrogens is 204 g/mol. The maximum atomic E-state index is 10.2. The van der Waals surface area contributed by atoms with Crippen molar-refractivity contribution >= 4 is 17.9 Å². The van der Waals surface area contributed by atoms with E-state index in [1.807, 2.05) is 0 Å². The number of hydrogen-bond acceptors (Lipinski definition) is 4. The molecule has 0 aliphatic heterocycles. The number of ether oxygens (including phenoxy) is 3. The van der Waals surface area contributed by atoms with E-state index in [0.717, 1.165) is 19.4 Å². The summed E-state index contributed by atoms with van der Waals surface area (Å²) in [7, 11) is 0. The molecule has 0 rings (SSSR count). The van der Waals surface area contributed by atoms with E-state index in [0.29, 0.717) is 19.8 Å². The fourth-order valence-corrected chi connectivity index (χ4v) is 0.848. The molecule has 0 saturated heterocycles. The van der Waals surface area contributed by atoms with Crippen LogP contribution >= 0.6 is 12.6 Å². The molecule has 84 valence electrons. The molecule has 0 unspecified atom stereocenters. The molecule has 0 bridgehead atoms. The van der Waals surface area contributed by atoms with Crippen molar-refractivity contribution in [2.24, 2.45) is 0 Å². The van der Waals surface area contributed by atoms with E-state index in [1.54, 1.807) is 0 Å². The highest BCUT2D eigenvalue weighted by molar-refractivity contribution is 7.96. The normalized spacial score (nSPS) is 10.1. The Balaban J connectivity index is 2.88. The van der Waals surface area contributed by atoms with Crippen molar-refractivity contribution in [1.82, 2.24) is 0 Å². The molecule has 0 saturated carbocycles. The van der Waals surface area contributed by atoms with Crippen LogP contribution in [0, 0.1) is 0 Å². The van der Waals surface area contributed by atoms with Gasteiger partial charge in [-0.15, -0.1) is 0 Å². The van der Waals surface area contributed by atoms with E-state index in [2.05, 4.69) is 24.3 Å². The van der Waals surface area contributed by atoms with Crippen molar-refractivity contribution in [3.8, 4) is 0 Å². The summed E-state index contributed by atoms with van der Waals surface area (Å²) in [6.45, 7) is 4.67. The number of carbonyl (C=O) groups is 1. The smallest absolute Gasteiger partial charge is 0.364 e. The Kier molecular flexibility index (Phi) is 10.6. The highest BCUT2D eigenvalue weighted by atomic mass is 32.1. The molecule has 0 heterocycles. The van der Waals surface area contributed by atoms with Gasteiger partial charge in [0.05, 0.1) is 19.8 Å². The third kappa shape index (κ3) is 11.7. The predicted molar refractivity (Wildman–Crippen MR) is 56.9 cm³/mol. The van der Waals surface area contributed by atoms with E-state index >= 15 is 0 Å². The number of thiol groups is 1. The minimum atomic E-state index is -0.576. The first-order valence-corrected chi connectivity index (χ1v) is 5.23. The van der Waals surface area contributed by atoms with E-state index < -0.39 is 5.30 Å². The SMILES string of the molecule is CCCCOCCOCCOC(=O)S. The molecule has 14 heavy (non-hydrogen) atoms. The monoisotopic (exact) mass is 222 g/mol. The molecule has 0 spiro atoms. The largest absolute Gasteiger partial charge is 0.455 e. The zero-order valence-corrected chi connectivity index (χ0v) is 9.42. The fourth-order valence-electron chi connectivity index (χ4n) is 0.756. The highest BCUT2D eigenvalue weighted by Gasteiger charge is 1.93. The summed E-state index contributed by atoms with van der Waals surface area (Å²) >= 11 is 3.44. The molecule has 0 radical (unpaired) electrons. The van der Waals surface area contributed by atoms with Crippen LogP contribution < -0.4 is 0 Å². The van der Waals surface area contributed by atoms with Crippen LogP contribution in [0.1, 0.15) is 19.8 Å². The first-order valence-electron chi connectivity index (χ1n) is 4.78. The summed E-state index contributed by atoms with van der Waals surface area (Å²) < 4.78 is 14.9. The van der Waals surface area contributed by atoms with Crippen LogP contribution in [0.5, 0.6) is 0 Å². The van der Waals surface area contributed by atoms with Crippen molar-refractivity contribution < 1.29 is 19.0 Å². The minimum Gasteiger partial charge on any atom is -0.455 e. The van der Waals surface area contributed by atoms with Gasteiger partial charge in [-0.05, 0) is 6.42 Å². The average molecular weight is 222 g/mol. The Hall–Kier alpha value is -0.260. The summed E-state index contributed by atoms with van der Waals surface area (Å²) in [6.07, 6.45) is 2.22. The molecule has 0 amide bonds. The van der Waals surface area contributed by atoms with Gasteiger partial charge in [0, 0.05) is 6.61 Å². The molecule has 0 aromatic carbocycles. The number of carbonyl (C=O) groups excluding carboxylic acids is 1. The Morgan fingerprint density at radius 1 is 1.07 bits per heavy atom. The van der Waals surface area contributed by atoms with Crippen molar-refractivity contribution in [1.29, 1.82) is 0 Å². The Labute approximate surface area is 90.3 Å². The fraction of sp³-hybridized carbons (Fsp3) is 0.889. The maximum absolute atomic E-state index is 10.2. The van der Waals surface area contributed by atoms with Gasteiger partial charge in [-0.25, -0.2) is 4.79 Å². The summed E-state index contributed by atoms with van der Waals surface area (Å²) in [6, 6.07) is 0. The van der Waals surface area contributed by atoms with Gasteiger partial charge in [-0.2, -0.15) is 0 Å². The van der Waals surface area contributed by atoms with Crippen LogP contribution in [0.4, 0.5) is 4.79 Å². The molecule has 0 atom stereocenters. The lowest BCUT2D eigenvalue weighted by molar-refractivity contribution is 0.0307. The second kappa shape index (κ2) is 10.8. The Bertz CT molecular complexity index is 141. The summed E-state index contributed by atoms with van der Waals surface area (Å²) in [4.78, 5) is 10.2. The minimum absolute atomic E-state index is 0.247. The zero-order chi connectivity index (χ0) is 10.6. The molecule has 0 aromatic rings. The quantitative estimate of drug-likeness (QED) is 0.367. The first kappa shape index (κ1) is 13.7. The highest BCUT2D eigenvalue weighted by Crippen LogP contribution is 1.89. The summed E-state index contributed by atoms with van der Waals surface area (Å²) in [5, 5.41) is -0.576. The van der Waals surface area contributed by atoms with Crippen molar-refractivity contribution in [2.45, 2.75) is 19.8 Å². The van der Waals surface area contributed by atoms with E-state index in [-0.39, 0.29) is 6.61 Å². The van der Waals surface area contributed by atoms with Gasteiger partial charge in [0.1, 0.15) is 6.61 Å². The molecule has 0 fully saturated rings. The van der Waals surface area contributed by atoms with Gasteiger partial charge in [-0.1, -0.05) is 26.0 Å². The lowest BCUT2D eigenvalue weighted by atomic mass is 10.4. The Morgan fingerprint density at radius 2 is 1.64 bits per heavy atom. The summed E-state index contributed by atoms with van der Waals surface area (Å²) in [5.74, 6) is 0. The zero-order valence-electron chi connectivity index (χ0n) is 8.53. The van der Waals surface area contributed by atoms with Gasteiger partial charge < -0.3 is 14.2 Å². The second-order valence-electron chi connectivity index (χ2n) is 2.69. The van der Waals surface area contributed by atoms with Gasteiger partial charge in [-0.3, -0.25) is 0 Å². The third-order valence-electron chi connectivity index (χ3n) is 1.47. The average Bonchev–Trinajstić information content (AvgIpc) is 2.15. The Morgan fingerprint density at radius 3 is 2.21 bits per heavy atom. The van der Waals surface area contributed by atoms with E-state index in [9.17, 15) is 4.79 Å². The van der Waals surface area contributed by atoms with Crippen molar-refractivity contribution in [3.05, 3.63) is 0 Å². The number of unbranched alkanes of at least 4 members (excludes halogenated alkanes) is 1. The standard InChI is InChI=1S/C9H18O4S/c1-2-3-4-11-5-6-12-7-8-13-9(10)14/h2-8H2,1H3,(H,10,14). The first-order chi connectivity index (χ1) is 6.77. The summed E-state index contributed by atoms with van der Waals surface area (Å²) in [5.41, 5.74) is 0. The molecule has 0 aromatic heterocycles. The van der Waals surface area contributed by atoms with Gasteiger partial charge in [0.25, 0.3) is 0 Å². The van der Waals surface area contributed by atoms with Gasteiger partial charge in [0.15, 0.2) is 0 Å². The molecule has 0 aliphatic carbocycles. The van der Waals surface area contributed by atoms with Gasteiger partial charge in [0.2, 0.25) is 0 Å².